The number of hydrogen-bond donors (Lipinski definition) is 1. The van der Waals surface area contributed by atoms with Crippen LogP contribution in [0.25, 0.3) is 0 Å². The van der Waals surface area contributed by atoms with E-state index in [1.54, 1.807) is 0 Å². The molecular weight excluding hydrogens is 216 g/mol. The Balaban J connectivity index is 1.92. The first-order valence-corrected chi connectivity index (χ1v) is 5.68. The molecule has 0 aliphatic heterocycles. The van der Waals surface area contributed by atoms with E-state index in [9.17, 15) is 0 Å². The molecule has 0 radical (unpaired) electrons. The first-order chi connectivity index (χ1) is 8.03. The number of hydrogen-bond acceptors (Lipinski definition) is 4. The Hall–Kier alpha value is -1.62. The highest BCUT2D eigenvalue weighted by atomic mass is 16.5. The van der Waals surface area contributed by atoms with Crippen molar-refractivity contribution in [3.63, 3.8) is 0 Å². The van der Waals surface area contributed by atoms with Gasteiger partial charge in [-0.3, -0.25) is 0 Å². The molecule has 0 unspecified atom stereocenters. The molecule has 0 saturated carbocycles. The van der Waals surface area contributed by atoms with Crippen molar-refractivity contribution in [1.82, 2.24) is 20.0 Å². The van der Waals surface area contributed by atoms with Crippen LogP contribution in [0.2, 0.25) is 0 Å². The van der Waals surface area contributed by atoms with Crippen LogP contribution in [0.1, 0.15) is 32.2 Å². The summed E-state index contributed by atoms with van der Waals surface area (Å²) in [5, 5.41) is 7.23. The standard InChI is InChI=1S/C12H18N4O/c1-12(2,3)14-6-10-4-5-16(7-10)8-11-13-9-17-15-11/h4-5,7,9,14H,6,8H2,1-3H3. The molecule has 0 amide bonds. The molecule has 0 atom stereocenters. The largest absolute Gasteiger partial charge is 0.346 e. The fourth-order valence-electron chi connectivity index (χ4n) is 1.49. The van der Waals surface area contributed by atoms with Gasteiger partial charge in [-0.15, -0.1) is 0 Å². The lowest BCUT2D eigenvalue weighted by Crippen LogP contribution is -2.34. The highest BCUT2D eigenvalue weighted by molar-refractivity contribution is 5.11. The maximum Gasteiger partial charge on any atom is 0.213 e. The maximum atomic E-state index is 4.70. The molecule has 17 heavy (non-hydrogen) atoms. The van der Waals surface area contributed by atoms with Crippen LogP contribution in [-0.4, -0.2) is 20.2 Å². The van der Waals surface area contributed by atoms with Crippen molar-refractivity contribution in [1.29, 1.82) is 0 Å². The number of aromatic nitrogens is 3. The fourth-order valence-corrected chi connectivity index (χ4v) is 1.49. The molecule has 2 heterocycles. The van der Waals surface area contributed by atoms with Crippen molar-refractivity contribution in [2.75, 3.05) is 0 Å². The summed E-state index contributed by atoms with van der Waals surface area (Å²) in [6.45, 7) is 7.98. The van der Waals surface area contributed by atoms with E-state index in [1.807, 2.05) is 10.8 Å². The summed E-state index contributed by atoms with van der Waals surface area (Å²) in [5.74, 6) is 0.691. The lowest BCUT2D eigenvalue weighted by Gasteiger charge is -2.19. The van der Waals surface area contributed by atoms with Crippen LogP contribution in [0.15, 0.2) is 29.4 Å². The summed E-state index contributed by atoms with van der Waals surface area (Å²) >= 11 is 0. The third-order valence-electron chi connectivity index (χ3n) is 2.37. The molecule has 1 N–H and O–H groups in total. The Morgan fingerprint density at radius 1 is 1.41 bits per heavy atom. The van der Waals surface area contributed by atoms with Gasteiger partial charge in [0.05, 0.1) is 6.54 Å². The molecule has 92 valence electrons. The monoisotopic (exact) mass is 234 g/mol. The van der Waals surface area contributed by atoms with E-state index in [0.29, 0.717) is 12.4 Å². The van der Waals surface area contributed by atoms with E-state index in [0.717, 1.165) is 6.54 Å². The first-order valence-electron chi connectivity index (χ1n) is 5.68. The molecule has 0 spiro atoms. The van der Waals surface area contributed by atoms with Crippen molar-refractivity contribution >= 4 is 0 Å². The second-order valence-corrected chi connectivity index (χ2v) is 5.14. The minimum Gasteiger partial charge on any atom is -0.346 e. The molecule has 5 nitrogen and oxygen atoms in total. The molecule has 0 aliphatic rings. The Labute approximate surface area is 101 Å². The number of rotatable bonds is 4. The molecule has 0 aliphatic carbocycles. The van der Waals surface area contributed by atoms with Gasteiger partial charge in [0.25, 0.3) is 0 Å². The predicted octanol–water partition coefficient (Wildman–Crippen LogP) is 1.81. The summed E-state index contributed by atoms with van der Waals surface area (Å²) in [6, 6.07) is 2.10. The zero-order valence-electron chi connectivity index (χ0n) is 10.5. The molecule has 0 saturated heterocycles. The summed E-state index contributed by atoms with van der Waals surface area (Å²) in [7, 11) is 0. The zero-order valence-corrected chi connectivity index (χ0v) is 10.5. The molecule has 0 bridgehead atoms. The topological polar surface area (TPSA) is 55.9 Å². The van der Waals surface area contributed by atoms with Crippen molar-refractivity contribution in [3.05, 3.63) is 36.2 Å². The fraction of sp³-hybridized carbons (Fsp3) is 0.500. The van der Waals surface area contributed by atoms with Gasteiger partial charge < -0.3 is 14.4 Å². The minimum absolute atomic E-state index is 0.135. The van der Waals surface area contributed by atoms with Gasteiger partial charge in [-0.1, -0.05) is 5.16 Å². The van der Waals surface area contributed by atoms with Gasteiger partial charge in [0.2, 0.25) is 6.39 Å². The summed E-state index contributed by atoms with van der Waals surface area (Å²) in [5.41, 5.74) is 1.39. The maximum absolute atomic E-state index is 4.70. The van der Waals surface area contributed by atoms with Crippen LogP contribution in [0.3, 0.4) is 0 Å². The van der Waals surface area contributed by atoms with E-state index >= 15 is 0 Å². The first kappa shape index (κ1) is 11.9. The number of nitrogens with zero attached hydrogens (tertiary/aromatic N) is 3. The molecular formula is C12H18N4O. The zero-order chi connectivity index (χ0) is 12.3. The lowest BCUT2D eigenvalue weighted by molar-refractivity contribution is 0.408. The van der Waals surface area contributed by atoms with Crippen molar-refractivity contribution in [2.24, 2.45) is 0 Å². The minimum atomic E-state index is 0.135. The molecule has 2 aromatic heterocycles. The van der Waals surface area contributed by atoms with Crippen LogP contribution < -0.4 is 5.32 Å². The van der Waals surface area contributed by atoms with Gasteiger partial charge in [0.1, 0.15) is 0 Å². The van der Waals surface area contributed by atoms with Gasteiger partial charge in [0, 0.05) is 24.5 Å². The Bertz CT molecular complexity index is 453. The third kappa shape index (κ3) is 3.71. The normalized spacial score (nSPS) is 11.9. The molecule has 2 aromatic rings. The Morgan fingerprint density at radius 2 is 2.24 bits per heavy atom. The van der Waals surface area contributed by atoms with Crippen molar-refractivity contribution < 1.29 is 4.52 Å². The molecule has 5 heteroatoms. The Morgan fingerprint density at radius 3 is 2.88 bits per heavy atom. The molecule has 0 aromatic carbocycles. The molecule has 2 rings (SSSR count). The van der Waals surface area contributed by atoms with Gasteiger partial charge >= 0.3 is 0 Å². The predicted molar refractivity (Wildman–Crippen MR) is 64.4 cm³/mol. The van der Waals surface area contributed by atoms with Crippen LogP contribution in [-0.2, 0) is 13.1 Å². The second-order valence-electron chi connectivity index (χ2n) is 5.14. The van der Waals surface area contributed by atoms with E-state index in [-0.39, 0.29) is 5.54 Å². The van der Waals surface area contributed by atoms with Crippen LogP contribution >= 0.6 is 0 Å². The highest BCUT2D eigenvalue weighted by Gasteiger charge is 2.09. The Kier molecular flexibility index (Phi) is 3.28. The van der Waals surface area contributed by atoms with Crippen LogP contribution in [0, 0.1) is 0 Å². The quantitative estimate of drug-likeness (QED) is 0.876. The molecule has 0 fully saturated rings. The van der Waals surface area contributed by atoms with Crippen LogP contribution in [0.4, 0.5) is 0 Å². The average molecular weight is 234 g/mol. The summed E-state index contributed by atoms with van der Waals surface area (Å²) in [6.07, 6.45) is 5.46. The van der Waals surface area contributed by atoms with E-state index in [1.165, 1.54) is 12.0 Å². The smallest absolute Gasteiger partial charge is 0.213 e. The highest BCUT2D eigenvalue weighted by Crippen LogP contribution is 2.06. The van der Waals surface area contributed by atoms with Gasteiger partial charge in [-0.25, -0.2) is 0 Å². The lowest BCUT2D eigenvalue weighted by atomic mass is 10.1. The average Bonchev–Trinajstić information content (AvgIpc) is 2.86. The van der Waals surface area contributed by atoms with E-state index in [4.69, 9.17) is 4.52 Å². The van der Waals surface area contributed by atoms with Gasteiger partial charge in [0.15, 0.2) is 5.82 Å². The third-order valence-corrected chi connectivity index (χ3v) is 2.37. The van der Waals surface area contributed by atoms with Crippen molar-refractivity contribution in [3.8, 4) is 0 Å². The van der Waals surface area contributed by atoms with E-state index < -0.39 is 0 Å². The summed E-state index contributed by atoms with van der Waals surface area (Å²) in [4.78, 5) is 3.99. The SMILES string of the molecule is CC(C)(C)NCc1ccn(Cc2ncon2)c1. The van der Waals surface area contributed by atoms with Gasteiger partial charge in [-0.2, -0.15) is 4.98 Å². The summed E-state index contributed by atoms with van der Waals surface area (Å²) < 4.78 is 6.75. The van der Waals surface area contributed by atoms with Crippen LogP contribution in [0.5, 0.6) is 0 Å². The van der Waals surface area contributed by atoms with E-state index in [2.05, 4.69) is 48.5 Å². The number of nitrogens with one attached hydrogen (secondary N) is 1. The van der Waals surface area contributed by atoms with Gasteiger partial charge in [-0.05, 0) is 32.4 Å². The second kappa shape index (κ2) is 4.71. The van der Waals surface area contributed by atoms with Crippen molar-refractivity contribution in [2.45, 2.75) is 39.4 Å².